The minimum absolute atomic E-state index is 0.422. The van der Waals surface area contributed by atoms with Crippen molar-refractivity contribution in [1.82, 2.24) is 10.6 Å². The van der Waals surface area contributed by atoms with E-state index in [0.717, 1.165) is 37.8 Å². The van der Waals surface area contributed by atoms with E-state index in [1.165, 1.54) is 18.4 Å². The summed E-state index contributed by atoms with van der Waals surface area (Å²) in [4.78, 5) is 11.7. The molecule has 1 fully saturated rings. The fourth-order valence-electron chi connectivity index (χ4n) is 2.63. The molecule has 0 aliphatic carbocycles. The molecule has 23 heavy (non-hydrogen) atoms. The minimum atomic E-state index is -0.484. The van der Waals surface area contributed by atoms with E-state index in [2.05, 4.69) is 16.0 Å². The Morgan fingerprint density at radius 2 is 1.87 bits per heavy atom. The molecule has 1 aromatic carbocycles. The monoisotopic (exact) mass is 319 g/mol. The average Bonchev–Trinajstić information content (AvgIpc) is 2.48. The van der Waals surface area contributed by atoms with Crippen LogP contribution in [-0.2, 0) is 11.3 Å². The molecule has 0 radical (unpaired) electrons. The molecule has 0 atom stereocenters. The molecule has 1 aromatic rings. The second kappa shape index (κ2) is 8.31. The lowest BCUT2D eigenvalue weighted by Gasteiger charge is -2.22. The molecule has 3 N–H and O–H groups in total. The van der Waals surface area contributed by atoms with Gasteiger partial charge in [0.1, 0.15) is 5.60 Å². The minimum Gasteiger partial charge on any atom is -0.444 e. The van der Waals surface area contributed by atoms with Gasteiger partial charge in [-0.25, -0.2) is 4.79 Å². The van der Waals surface area contributed by atoms with Crippen LogP contribution in [0.4, 0.5) is 10.5 Å². The highest BCUT2D eigenvalue weighted by molar-refractivity contribution is 5.84. The van der Waals surface area contributed by atoms with Crippen molar-refractivity contribution >= 4 is 11.8 Å². The molecule has 0 saturated carbocycles. The van der Waals surface area contributed by atoms with E-state index in [4.69, 9.17) is 4.74 Å². The van der Waals surface area contributed by atoms with Crippen molar-refractivity contribution in [2.45, 2.75) is 45.8 Å². The molecule has 1 amide bonds. The Morgan fingerprint density at radius 1 is 1.22 bits per heavy atom. The van der Waals surface area contributed by atoms with Crippen molar-refractivity contribution < 1.29 is 9.53 Å². The van der Waals surface area contributed by atoms with Crippen LogP contribution >= 0.6 is 0 Å². The van der Waals surface area contributed by atoms with E-state index in [1.54, 1.807) is 0 Å². The summed E-state index contributed by atoms with van der Waals surface area (Å²) in [5.41, 5.74) is 1.48. The van der Waals surface area contributed by atoms with Gasteiger partial charge in [0.2, 0.25) is 0 Å². The molecule has 5 nitrogen and oxygen atoms in total. The van der Waals surface area contributed by atoms with Gasteiger partial charge in [-0.05, 0) is 76.9 Å². The molecule has 0 aromatic heterocycles. The van der Waals surface area contributed by atoms with Crippen LogP contribution in [0.3, 0.4) is 0 Å². The van der Waals surface area contributed by atoms with Crippen LogP contribution in [0.25, 0.3) is 0 Å². The Morgan fingerprint density at radius 3 is 2.48 bits per heavy atom. The summed E-state index contributed by atoms with van der Waals surface area (Å²) in [5, 5.41) is 9.65. The normalized spacial score (nSPS) is 16.1. The van der Waals surface area contributed by atoms with Crippen LogP contribution in [0.15, 0.2) is 24.3 Å². The number of rotatable bonds is 5. The number of carbonyl (C=O) groups excluding carboxylic acids is 1. The summed E-state index contributed by atoms with van der Waals surface area (Å²) in [6.45, 7) is 9.75. The number of hydrogen-bond acceptors (Lipinski definition) is 4. The van der Waals surface area contributed by atoms with Gasteiger partial charge < -0.3 is 15.4 Å². The quantitative estimate of drug-likeness (QED) is 0.780. The molecule has 0 bridgehead atoms. The molecular weight excluding hydrogens is 290 g/mol. The number of anilines is 1. The third-order valence-corrected chi connectivity index (χ3v) is 3.82. The highest BCUT2D eigenvalue weighted by Crippen LogP contribution is 2.14. The maximum Gasteiger partial charge on any atom is 0.412 e. The van der Waals surface area contributed by atoms with E-state index >= 15 is 0 Å². The summed E-state index contributed by atoms with van der Waals surface area (Å²) < 4.78 is 5.24. The molecule has 0 unspecified atom stereocenters. The van der Waals surface area contributed by atoms with Crippen molar-refractivity contribution in [3.05, 3.63) is 29.8 Å². The number of amides is 1. The largest absolute Gasteiger partial charge is 0.444 e. The van der Waals surface area contributed by atoms with Crippen molar-refractivity contribution in [2.75, 3.05) is 25.0 Å². The molecule has 5 heteroatoms. The highest BCUT2D eigenvalue weighted by Gasteiger charge is 2.16. The molecule has 128 valence electrons. The summed E-state index contributed by atoms with van der Waals surface area (Å²) in [7, 11) is 0. The first kappa shape index (κ1) is 17.8. The van der Waals surface area contributed by atoms with Crippen molar-refractivity contribution in [3.63, 3.8) is 0 Å². The Kier molecular flexibility index (Phi) is 6.42. The number of nitrogens with one attached hydrogen (secondary N) is 3. The molecule has 1 aliphatic heterocycles. The second-order valence-electron chi connectivity index (χ2n) is 7.15. The van der Waals surface area contributed by atoms with Crippen LogP contribution in [0.2, 0.25) is 0 Å². The molecule has 1 aliphatic rings. The summed E-state index contributed by atoms with van der Waals surface area (Å²) in [5.74, 6) is 0.782. The number of ether oxygens (including phenoxy) is 1. The summed E-state index contributed by atoms with van der Waals surface area (Å²) >= 11 is 0. The van der Waals surface area contributed by atoms with E-state index < -0.39 is 11.7 Å². The zero-order chi connectivity index (χ0) is 16.7. The van der Waals surface area contributed by atoms with Crippen LogP contribution < -0.4 is 16.0 Å². The Hall–Kier alpha value is -1.59. The lowest BCUT2D eigenvalue weighted by atomic mass is 9.98. The third kappa shape index (κ3) is 7.01. The third-order valence-electron chi connectivity index (χ3n) is 3.82. The van der Waals surface area contributed by atoms with Crippen LogP contribution in [0.1, 0.15) is 39.2 Å². The Balaban J connectivity index is 1.72. The van der Waals surface area contributed by atoms with Crippen LogP contribution in [0, 0.1) is 5.92 Å². The first-order valence-electron chi connectivity index (χ1n) is 8.43. The fourth-order valence-corrected chi connectivity index (χ4v) is 2.63. The SMILES string of the molecule is CC(C)(C)OC(=O)Nc1ccc(CNCC2CCNCC2)cc1. The van der Waals surface area contributed by atoms with Gasteiger partial charge in [-0.1, -0.05) is 12.1 Å². The van der Waals surface area contributed by atoms with Crippen LogP contribution in [0.5, 0.6) is 0 Å². The van der Waals surface area contributed by atoms with Crippen LogP contribution in [-0.4, -0.2) is 31.3 Å². The predicted octanol–water partition coefficient (Wildman–Crippen LogP) is 3.12. The zero-order valence-corrected chi connectivity index (χ0v) is 14.4. The number of benzene rings is 1. The topological polar surface area (TPSA) is 62.4 Å². The average molecular weight is 319 g/mol. The lowest BCUT2D eigenvalue weighted by molar-refractivity contribution is 0.0636. The number of hydrogen-bond donors (Lipinski definition) is 3. The molecule has 2 rings (SSSR count). The second-order valence-corrected chi connectivity index (χ2v) is 7.15. The smallest absolute Gasteiger partial charge is 0.412 e. The van der Waals surface area contributed by atoms with E-state index in [9.17, 15) is 4.79 Å². The zero-order valence-electron chi connectivity index (χ0n) is 14.4. The van der Waals surface area contributed by atoms with Gasteiger partial charge in [-0.15, -0.1) is 0 Å². The summed E-state index contributed by atoms with van der Waals surface area (Å²) in [6.07, 6.45) is 2.09. The fraction of sp³-hybridized carbons (Fsp3) is 0.611. The Labute approximate surface area is 139 Å². The van der Waals surface area contributed by atoms with Gasteiger partial charge >= 0.3 is 6.09 Å². The van der Waals surface area contributed by atoms with E-state index in [1.807, 2.05) is 45.0 Å². The number of piperidine rings is 1. The predicted molar refractivity (Wildman–Crippen MR) is 93.6 cm³/mol. The maximum atomic E-state index is 11.7. The first-order valence-corrected chi connectivity index (χ1v) is 8.43. The number of carbonyl (C=O) groups is 1. The van der Waals surface area contributed by atoms with Gasteiger partial charge in [-0.2, -0.15) is 0 Å². The van der Waals surface area contributed by atoms with Crippen molar-refractivity contribution in [1.29, 1.82) is 0 Å². The van der Waals surface area contributed by atoms with E-state index in [0.29, 0.717) is 0 Å². The van der Waals surface area contributed by atoms with Gasteiger partial charge in [0.15, 0.2) is 0 Å². The molecule has 0 spiro atoms. The highest BCUT2D eigenvalue weighted by atomic mass is 16.6. The first-order chi connectivity index (χ1) is 10.9. The van der Waals surface area contributed by atoms with Gasteiger partial charge in [0, 0.05) is 12.2 Å². The molecular formula is C18H29N3O2. The van der Waals surface area contributed by atoms with Gasteiger partial charge in [0.05, 0.1) is 0 Å². The lowest BCUT2D eigenvalue weighted by Crippen LogP contribution is -2.33. The standard InChI is InChI=1S/C18H29N3O2/c1-18(2,3)23-17(22)21-16-6-4-14(5-7-16)12-20-13-15-8-10-19-11-9-15/h4-7,15,19-20H,8-13H2,1-3H3,(H,21,22). The van der Waals surface area contributed by atoms with Gasteiger partial charge in [-0.3, -0.25) is 5.32 Å². The van der Waals surface area contributed by atoms with Crippen molar-refractivity contribution in [2.24, 2.45) is 5.92 Å². The Bertz CT molecular complexity index is 488. The molecule has 1 heterocycles. The van der Waals surface area contributed by atoms with Crippen molar-refractivity contribution in [3.8, 4) is 0 Å². The molecule has 1 saturated heterocycles. The van der Waals surface area contributed by atoms with E-state index in [-0.39, 0.29) is 0 Å². The van der Waals surface area contributed by atoms with Gasteiger partial charge in [0.25, 0.3) is 0 Å². The maximum absolute atomic E-state index is 11.7. The summed E-state index contributed by atoms with van der Waals surface area (Å²) in [6, 6.07) is 7.88.